The lowest BCUT2D eigenvalue weighted by atomic mass is 9.96. The van der Waals surface area contributed by atoms with Crippen LogP contribution in [0.2, 0.25) is 0 Å². The number of aromatic amines is 1. The van der Waals surface area contributed by atoms with Crippen molar-refractivity contribution in [3.63, 3.8) is 0 Å². The number of aromatic nitrogens is 3. The molecule has 4 aromatic rings. The van der Waals surface area contributed by atoms with E-state index in [2.05, 4.69) is 37.5 Å². The number of hydrogen-bond donors (Lipinski definition) is 2. The number of H-pyrrole nitrogens is 1. The van der Waals surface area contributed by atoms with Crippen molar-refractivity contribution >= 4 is 22.6 Å². The van der Waals surface area contributed by atoms with Gasteiger partial charge < -0.3 is 15.2 Å². The number of amides is 1. The van der Waals surface area contributed by atoms with E-state index in [4.69, 9.17) is 0 Å². The summed E-state index contributed by atoms with van der Waals surface area (Å²) in [7, 11) is 0. The molecule has 0 aliphatic carbocycles. The molecule has 0 radical (unpaired) electrons. The highest BCUT2D eigenvalue weighted by molar-refractivity contribution is 5.83. The van der Waals surface area contributed by atoms with Gasteiger partial charge in [0.15, 0.2) is 5.82 Å². The van der Waals surface area contributed by atoms with E-state index in [1.807, 2.05) is 30.5 Å². The zero-order valence-electron chi connectivity index (χ0n) is 18.3. The Morgan fingerprint density at radius 2 is 1.82 bits per heavy atom. The normalized spacial score (nSPS) is 14.5. The molecule has 5 rings (SSSR count). The second kappa shape index (κ2) is 9.40. The Labute approximate surface area is 191 Å². The van der Waals surface area contributed by atoms with E-state index in [1.165, 1.54) is 23.1 Å². The molecule has 33 heavy (non-hydrogen) atoms. The van der Waals surface area contributed by atoms with Crippen molar-refractivity contribution in [1.29, 1.82) is 0 Å². The van der Waals surface area contributed by atoms with Gasteiger partial charge in [-0.1, -0.05) is 18.2 Å². The Hall–Kier alpha value is -3.74. The van der Waals surface area contributed by atoms with Crippen LogP contribution >= 0.6 is 0 Å². The van der Waals surface area contributed by atoms with Crippen LogP contribution in [0, 0.1) is 11.7 Å². The van der Waals surface area contributed by atoms with E-state index in [1.54, 1.807) is 12.1 Å². The van der Waals surface area contributed by atoms with Gasteiger partial charge in [0.1, 0.15) is 5.82 Å². The quantitative estimate of drug-likeness (QED) is 0.465. The number of anilines is 1. The molecule has 0 saturated carbocycles. The largest absolute Gasteiger partial charge is 0.361 e. The number of halogens is 1. The number of carbonyl (C=O) groups excluding carboxylic acids is 1. The van der Waals surface area contributed by atoms with Gasteiger partial charge in [0.2, 0.25) is 5.91 Å². The van der Waals surface area contributed by atoms with Crippen LogP contribution in [0.1, 0.15) is 18.4 Å². The first-order chi connectivity index (χ1) is 16.2. The summed E-state index contributed by atoms with van der Waals surface area (Å²) in [5.41, 5.74) is 3.89. The van der Waals surface area contributed by atoms with Crippen molar-refractivity contribution in [1.82, 2.24) is 20.5 Å². The monoisotopic (exact) mass is 443 g/mol. The molecule has 1 aliphatic heterocycles. The highest BCUT2D eigenvalue weighted by Gasteiger charge is 2.25. The van der Waals surface area contributed by atoms with Gasteiger partial charge in [0.05, 0.1) is 5.69 Å². The first-order valence-corrected chi connectivity index (χ1v) is 11.3. The van der Waals surface area contributed by atoms with Gasteiger partial charge in [-0.2, -0.15) is 0 Å². The molecular weight excluding hydrogens is 417 g/mol. The highest BCUT2D eigenvalue weighted by atomic mass is 19.1. The number of nitrogens with one attached hydrogen (secondary N) is 2. The van der Waals surface area contributed by atoms with Gasteiger partial charge in [-0.15, -0.1) is 10.2 Å². The minimum Gasteiger partial charge on any atom is -0.361 e. The molecule has 1 fully saturated rings. The summed E-state index contributed by atoms with van der Waals surface area (Å²) in [5, 5.41) is 13.0. The van der Waals surface area contributed by atoms with E-state index >= 15 is 0 Å². The SMILES string of the molecule is O=C(NCCc1c[nH]c2ccccc12)C1CCN(c2ccc(-c3ccc(F)cc3)nn2)CC1. The molecule has 2 N–H and O–H groups in total. The van der Waals surface area contributed by atoms with Gasteiger partial charge in [-0.05, 0) is 67.3 Å². The highest BCUT2D eigenvalue weighted by Crippen LogP contribution is 2.24. The molecule has 1 amide bonds. The Balaban J connectivity index is 1.11. The summed E-state index contributed by atoms with van der Waals surface area (Å²) in [6.07, 6.45) is 4.42. The van der Waals surface area contributed by atoms with E-state index in [0.717, 1.165) is 49.2 Å². The fourth-order valence-electron chi connectivity index (χ4n) is 4.44. The van der Waals surface area contributed by atoms with E-state index in [0.29, 0.717) is 12.2 Å². The molecule has 0 unspecified atom stereocenters. The third-order valence-corrected chi connectivity index (χ3v) is 6.35. The second-order valence-electron chi connectivity index (χ2n) is 8.45. The zero-order valence-corrected chi connectivity index (χ0v) is 18.3. The number of piperidine rings is 1. The maximum Gasteiger partial charge on any atom is 0.223 e. The Morgan fingerprint density at radius 3 is 2.58 bits per heavy atom. The van der Waals surface area contributed by atoms with Crippen molar-refractivity contribution < 1.29 is 9.18 Å². The van der Waals surface area contributed by atoms with E-state index < -0.39 is 0 Å². The molecule has 1 aliphatic rings. The molecular formula is C26H26FN5O. The maximum absolute atomic E-state index is 13.1. The van der Waals surface area contributed by atoms with Crippen LogP contribution in [0.5, 0.6) is 0 Å². The first kappa shape index (κ1) is 21.1. The number of fused-ring (bicyclic) bond motifs is 1. The van der Waals surface area contributed by atoms with Crippen LogP contribution in [0.25, 0.3) is 22.2 Å². The zero-order chi connectivity index (χ0) is 22.6. The van der Waals surface area contributed by atoms with Crippen molar-refractivity contribution in [2.45, 2.75) is 19.3 Å². The lowest BCUT2D eigenvalue weighted by molar-refractivity contribution is -0.125. The number of carbonyl (C=O) groups is 1. The molecule has 0 spiro atoms. The lowest BCUT2D eigenvalue weighted by Gasteiger charge is -2.31. The summed E-state index contributed by atoms with van der Waals surface area (Å²) >= 11 is 0. The number of rotatable bonds is 6. The summed E-state index contributed by atoms with van der Waals surface area (Å²) in [5.74, 6) is 0.690. The number of para-hydroxylation sites is 1. The Bertz CT molecular complexity index is 1230. The molecule has 0 atom stereocenters. The summed E-state index contributed by atoms with van der Waals surface area (Å²) in [6.45, 7) is 2.17. The molecule has 7 heteroatoms. The Morgan fingerprint density at radius 1 is 1.03 bits per heavy atom. The van der Waals surface area contributed by atoms with Crippen LogP contribution in [-0.4, -0.2) is 40.7 Å². The smallest absolute Gasteiger partial charge is 0.223 e. The van der Waals surface area contributed by atoms with Crippen LogP contribution in [0.3, 0.4) is 0 Å². The van der Waals surface area contributed by atoms with Crippen molar-refractivity contribution in [3.8, 4) is 11.3 Å². The minimum absolute atomic E-state index is 0.0238. The van der Waals surface area contributed by atoms with Gasteiger partial charge in [0, 0.05) is 48.2 Å². The van der Waals surface area contributed by atoms with Crippen molar-refractivity contribution in [2.75, 3.05) is 24.5 Å². The van der Waals surface area contributed by atoms with Crippen molar-refractivity contribution in [2.24, 2.45) is 5.92 Å². The number of nitrogens with zero attached hydrogens (tertiary/aromatic N) is 3. The van der Waals surface area contributed by atoms with Gasteiger partial charge in [-0.25, -0.2) is 4.39 Å². The van der Waals surface area contributed by atoms with Crippen LogP contribution in [0.15, 0.2) is 66.9 Å². The lowest BCUT2D eigenvalue weighted by Crippen LogP contribution is -2.41. The third-order valence-electron chi connectivity index (χ3n) is 6.35. The molecule has 1 saturated heterocycles. The Kier molecular flexibility index (Phi) is 6.02. The molecule has 168 valence electrons. The van der Waals surface area contributed by atoms with Crippen LogP contribution in [0.4, 0.5) is 10.2 Å². The fraction of sp³-hybridized carbons (Fsp3) is 0.269. The van der Waals surface area contributed by atoms with Gasteiger partial charge in [-0.3, -0.25) is 4.79 Å². The average Bonchev–Trinajstić information content (AvgIpc) is 3.28. The van der Waals surface area contributed by atoms with Crippen molar-refractivity contribution in [3.05, 3.63) is 78.2 Å². The molecule has 2 aromatic heterocycles. The van der Waals surface area contributed by atoms with Crippen LogP contribution in [-0.2, 0) is 11.2 Å². The number of benzene rings is 2. The first-order valence-electron chi connectivity index (χ1n) is 11.3. The molecule has 6 nitrogen and oxygen atoms in total. The molecule has 2 aromatic carbocycles. The van der Waals surface area contributed by atoms with Gasteiger partial charge in [0.25, 0.3) is 0 Å². The minimum atomic E-state index is -0.270. The molecule has 0 bridgehead atoms. The summed E-state index contributed by atoms with van der Waals surface area (Å²) in [6, 6.07) is 18.3. The average molecular weight is 444 g/mol. The predicted molar refractivity (Wildman–Crippen MR) is 127 cm³/mol. The maximum atomic E-state index is 13.1. The summed E-state index contributed by atoms with van der Waals surface area (Å²) < 4.78 is 13.1. The predicted octanol–water partition coefficient (Wildman–Crippen LogP) is 4.34. The van der Waals surface area contributed by atoms with E-state index in [9.17, 15) is 9.18 Å². The van der Waals surface area contributed by atoms with Gasteiger partial charge >= 0.3 is 0 Å². The number of hydrogen-bond acceptors (Lipinski definition) is 4. The van der Waals surface area contributed by atoms with E-state index in [-0.39, 0.29) is 17.6 Å². The molecule has 3 heterocycles. The summed E-state index contributed by atoms with van der Waals surface area (Å²) in [4.78, 5) is 18.1. The van der Waals surface area contributed by atoms with Crippen LogP contribution < -0.4 is 10.2 Å². The third kappa shape index (κ3) is 4.72. The topological polar surface area (TPSA) is 73.9 Å². The standard InChI is InChI=1S/C26H26FN5O/c27-21-7-5-18(6-8-21)23-9-10-25(31-30-23)32-15-12-19(13-16-32)26(33)28-14-11-20-17-29-24-4-2-1-3-22(20)24/h1-10,17,19,29H,11-16H2,(H,28,33). The second-order valence-corrected chi connectivity index (χ2v) is 8.45. The fourth-order valence-corrected chi connectivity index (χ4v) is 4.44.